The van der Waals surface area contributed by atoms with E-state index < -0.39 is 40.5 Å². The normalized spacial score (nSPS) is 24.7. The number of benzene rings is 4. The predicted molar refractivity (Wildman–Crippen MR) is 172 cm³/mol. The number of Topliss-reactive ketones (excluding diaryl/α,β-unsaturated/α-hetero) is 1. The summed E-state index contributed by atoms with van der Waals surface area (Å²) in [6.45, 7) is 1.62. The number of rotatable bonds is 7. The highest BCUT2D eigenvalue weighted by atomic mass is 35.5. The zero-order chi connectivity index (χ0) is 31.6. The number of ketones is 1. The van der Waals surface area contributed by atoms with Crippen molar-refractivity contribution in [2.75, 3.05) is 6.61 Å². The number of nitrogens with zero attached hydrogens (tertiary/aromatic N) is 1. The number of hydrogen-bond donors (Lipinski definition) is 1. The third kappa shape index (κ3) is 5.51. The van der Waals surface area contributed by atoms with E-state index in [0.717, 1.165) is 0 Å². The maximum atomic E-state index is 14.7. The molecule has 0 saturated heterocycles. The van der Waals surface area contributed by atoms with Gasteiger partial charge in [0.2, 0.25) is 0 Å². The Morgan fingerprint density at radius 1 is 0.841 bits per heavy atom. The zero-order valence-electron chi connectivity index (χ0n) is 23.5. The van der Waals surface area contributed by atoms with Gasteiger partial charge in [0.15, 0.2) is 11.2 Å². The van der Waals surface area contributed by atoms with Crippen LogP contribution in [0.15, 0.2) is 97.1 Å². The molecule has 1 aliphatic rings. The quantitative estimate of drug-likeness (QED) is 0.157. The standard InChI is InChI=1S/C35H27Cl4NO4/c1-2-44-33(42)34(20-40)25(22-13-15-26(36)28(38)17-22)19-35(43,24-11-7-4-8-12-24)31(32(41)21-9-5-3-6-10-21)30(34)23-14-16-27(37)29(39)18-23/h3-18,25,30-31,43H,2,19H2,1H3/t25-,30+,31-,34+,35-/m0/s1. The number of esters is 1. The van der Waals surface area contributed by atoms with Crippen LogP contribution in [-0.4, -0.2) is 23.5 Å². The van der Waals surface area contributed by atoms with E-state index in [9.17, 15) is 20.0 Å². The van der Waals surface area contributed by atoms with Crippen molar-refractivity contribution in [3.05, 3.63) is 139 Å². The molecule has 44 heavy (non-hydrogen) atoms. The Morgan fingerprint density at radius 3 is 1.93 bits per heavy atom. The number of carbonyl (C=O) groups is 2. The third-order valence-electron chi connectivity index (χ3n) is 8.46. The van der Waals surface area contributed by atoms with Crippen molar-refractivity contribution in [1.29, 1.82) is 5.26 Å². The van der Waals surface area contributed by atoms with Gasteiger partial charge >= 0.3 is 5.97 Å². The summed E-state index contributed by atoms with van der Waals surface area (Å²) in [5, 5.41) is 25.1. The number of ether oxygens (including phenoxy) is 1. The predicted octanol–water partition coefficient (Wildman–Crippen LogP) is 9.03. The molecule has 9 heteroatoms. The summed E-state index contributed by atoms with van der Waals surface area (Å²) in [4.78, 5) is 29.1. The summed E-state index contributed by atoms with van der Waals surface area (Å²) < 4.78 is 5.62. The van der Waals surface area contributed by atoms with Crippen LogP contribution in [0.3, 0.4) is 0 Å². The number of carbonyl (C=O) groups excluding carboxylic acids is 2. The molecule has 5 nitrogen and oxygen atoms in total. The zero-order valence-corrected chi connectivity index (χ0v) is 26.5. The Labute approximate surface area is 275 Å². The molecule has 4 aromatic carbocycles. The molecular weight excluding hydrogens is 640 g/mol. The first-order valence-electron chi connectivity index (χ1n) is 13.9. The van der Waals surface area contributed by atoms with Crippen LogP contribution in [0.5, 0.6) is 0 Å². The van der Waals surface area contributed by atoms with E-state index in [1.165, 1.54) is 6.07 Å². The Hall–Kier alpha value is -3.37. The van der Waals surface area contributed by atoms with Crippen LogP contribution in [0.25, 0.3) is 0 Å². The van der Waals surface area contributed by atoms with Gasteiger partial charge < -0.3 is 9.84 Å². The molecule has 0 amide bonds. The van der Waals surface area contributed by atoms with Gasteiger partial charge in [-0.15, -0.1) is 0 Å². The lowest BCUT2D eigenvalue weighted by Gasteiger charge is -2.54. The van der Waals surface area contributed by atoms with Crippen LogP contribution < -0.4 is 0 Å². The summed E-state index contributed by atoms with van der Waals surface area (Å²) >= 11 is 25.6. The molecule has 224 valence electrons. The summed E-state index contributed by atoms with van der Waals surface area (Å²) in [5.74, 6) is -4.90. The SMILES string of the molecule is CCOC(=O)[C@@]1(C#N)[C@H](c2ccc(Cl)c(Cl)c2)[C@@H](C(=O)c2ccccc2)[C@@](O)(c2ccccc2)C[C@H]1c1ccc(Cl)c(Cl)c1. The summed E-state index contributed by atoms with van der Waals surface area (Å²) in [6, 6.07) is 29.1. The topological polar surface area (TPSA) is 87.4 Å². The van der Waals surface area contributed by atoms with Crippen LogP contribution in [0.4, 0.5) is 0 Å². The second kappa shape index (κ2) is 12.9. The Kier molecular flexibility index (Phi) is 9.41. The molecule has 1 saturated carbocycles. The average molecular weight is 667 g/mol. The number of hydrogen-bond acceptors (Lipinski definition) is 5. The van der Waals surface area contributed by atoms with Gasteiger partial charge in [-0.1, -0.05) is 119 Å². The highest BCUT2D eigenvalue weighted by Crippen LogP contribution is 2.64. The first-order chi connectivity index (χ1) is 21.1. The average Bonchev–Trinajstić information content (AvgIpc) is 3.04. The van der Waals surface area contributed by atoms with Crippen molar-refractivity contribution >= 4 is 58.2 Å². The maximum absolute atomic E-state index is 14.7. The van der Waals surface area contributed by atoms with E-state index in [2.05, 4.69) is 6.07 Å². The highest BCUT2D eigenvalue weighted by Gasteiger charge is 2.67. The van der Waals surface area contributed by atoms with Crippen molar-refractivity contribution in [3.63, 3.8) is 0 Å². The fourth-order valence-corrected chi connectivity index (χ4v) is 7.13. The van der Waals surface area contributed by atoms with Crippen molar-refractivity contribution in [3.8, 4) is 6.07 Å². The third-order valence-corrected chi connectivity index (χ3v) is 9.94. The van der Waals surface area contributed by atoms with Crippen LogP contribution in [0, 0.1) is 22.7 Å². The van der Waals surface area contributed by atoms with Crippen LogP contribution >= 0.6 is 46.4 Å². The first kappa shape index (κ1) is 32.0. The van der Waals surface area contributed by atoms with Crippen molar-refractivity contribution in [2.24, 2.45) is 11.3 Å². The van der Waals surface area contributed by atoms with Crippen molar-refractivity contribution in [2.45, 2.75) is 30.8 Å². The van der Waals surface area contributed by atoms with Gasteiger partial charge in [-0.25, -0.2) is 0 Å². The lowest BCUT2D eigenvalue weighted by atomic mass is 9.47. The molecule has 0 aromatic heterocycles. The molecule has 0 aliphatic heterocycles. The molecule has 1 aliphatic carbocycles. The van der Waals surface area contributed by atoms with Gasteiger partial charge in [-0.05, 0) is 54.3 Å². The van der Waals surface area contributed by atoms with E-state index >= 15 is 0 Å². The van der Waals surface area contributed by atoms with Gasteiger partial charge in [-0.3, -0.25) is 9.59 Å². The Bertz CT molecular complexity index is 1740. The van der Waals surface area contributed by atoms with Crippen LogP contribution in [0.1, 0.15) is 52.2 Å². The molecule has 0 radical (unpaired) electrons. The molecule has 0 heterocycles. The number of nitriles is 1. The van der Waals surface area contributed by atoms with E-state index in [0.29, 0.717) is 22.3 Å². The minimum Gasteiger partial charge on any atom is -0.465 e. The van der Waals surface area contributed by atoms with Crippen molar-refractivity contribution in [1.82, 2.24) is 0 Å². The molecule has 4 aromatic rings. The maximum Gasteiger partial charge on any atom is 0.327 e. The van der Waals surface area contributed by atoms with Gasteiger partial charge in [0.25, 0.3) is 0 Å². The summed E-state index contributed by atoms with van der Waals surface area (Å²) in [6.07, 6.45) is -0.192. The molecule has 5 rings (SSSR count). The van der Waals surface area contributed by atoms with E-state index in [4.69, 9.17) is 51.1 Å². The van der Waals surface area contributed by atoms with Crippen molar-refractivity contribution < 1.29 is 19.4 Å². The first-order valence-corrected chi connectivity index (χ1v) is 15.4. The monoisotopic (exact) mass is 665 g/mol. The molecule has 1 N–H and O–H groups in total. The van der Waals surface area contributed by atoms with E-state index in [1.807, 2.05) is 0 Å². The second-order valence-electron chi connectivity index (χ2n) is 10.8. The van der Waals surface area contributed by atoms with Gasteiger partial charge in [0.1, 0.15) is 5.60 Å². The smallest absolute Gasteiger partial charge is 0.327 e. The molecule has 0 spiro atoms. The van der Waals surface area contributed by atoms with Crippen LogP contribution in [0.2, 0.25) is 20.1 Å². The molecule has 0 bridgehead atoms. The fraction of sp³-hybridized carbons (Fsp3) is 0.229. The van der Waals surface area contributed by atoms with Gasteiger partial charge in [0, 0.05) is 17.4 Å². The largest absolute Gasteiger partial charge is 0.465 e. The molecule has 0 unspecified atom stereocenters. The lowest BCUT2D eigenvalue weighted by Crippen LogP contribution is -2.59. The fourth-order valence-electron chi connectivity index (χ4n) is 6.51. The molecule has 5 atom stereocenters. The summed E-state index contributed by atoms with van der Waals surface area (Å²) in [7, 11) is 0. The van der Waals surface area contributed by atoms with E-state index in [-0.39, 0.29) is 33.1 Å². The van der Waals surface area contributed by atoms with Gasteiger partial charge in [0.05, 0.1) is 38.7 Å². The minimum atomic E-state index is -2.03. The van der Waals surface area contributed by atoms with E-state index in [1.54, 1.807) is 97.9 Å². The number of halogens is 4. The Morgan fingerprint density at radius 2 is 1.39 bits per heavy atom. The summed E-state index contributed by atoms with van der Waals surface area (Å²) in [5.41, 5.74) is -2.32. The molecule has 1 fully saturated rings. The van der Waals surface area contributed by atoms with Crippen LogP contribution in [-0.2, 0) is 15.1 Å². The Balaban J connectivity index is 1.92. The minimum absolute atomic E-state index is 0.0231. The second-order valence-corrected chi connectivity index (χ2v) is 12.4. The number of aliphatic hydroxyl groups is 1. The van der Waals surface area contributed by atoms with Gasteiger partial charge in [-0.2, -0.15) is 5.26 Å². The molecular formula is C35H27Cl4NO4. The highest BCUT2D eigenvalue weighted by molar-refractivity contribution is 6.42. The lowest BCUT2D eigenvalue weighted by molar-refractivity contribution is -0.164.